The van der Waals surface area contributed by atoms with Gasteiger partial charge in [-0.1, -0.05) is 44.2 Å². The summed E-state index contributed by atoms with van der Waals surface area (Å²) in [6.07, 6.45) is 2.76. The predicted molar refractivity (Wildman–Crippen MR) is 143 cm³/mol. The van der Waals surface area contributed by atoms with Gasteiger partial charge in [0.2, 0.25) is 12.3 Å². The molecule has 8 heteroatoms. The van der Waals surface area contributed by atoms with Gasteiger partial charge in [-0.3, -0.25) is 9.59 Å². The Morgan fingerprint density at radius 2 is 1.81 bits per heavy atom. The summed E-state index contributed by atoms with van der Waals surface area (Å²) in [5.74, 6) is 1.01. The molecule has 0 spiro atoms. The molecule has 202 valence electrons. The Labute approximate surface area is 216 Å². The summed E-state index contributed by atoms with van der Waals surface area (Å²) >= 11 is 0. The molecule has 0 bridgehead atoms. The van der Waals surface area contributed by atoms with Gasteiger partial charge in [-0.25, -0.2) is 4.39 Å². The van der Waals surface area contributed by atoms with Gasteiger partial charge in [0.15, 0.2) is 0 Å². The third-order valence-electron chi connectivity index (χ3n) is 4.84. The zero-order valence-corrected chi connectivity index (χ0v) is 22.4. The number of hydrogen-bond acceptors (Lipinski definition) is 5. The van der Waals surface area contributed by atoms with E-state index in [1.54, 1.807) is 4.90 Å². The highest BCUT2D eigenvalue weighted by Gasteiger charge is 2.02. The van der Waals surface area contributed by atoms with E-state index >= 15 is 0 Å². The summed E-state index contributed by atoms with van der Waals surface area (Å²) in [6.45, 7) is 11.9. The minimum Gasteiger partial charge on any atom is -0.493 e. The highest BCUT2D eigenvalue weighted by atomic mass is 19.1. The lowest BCUT2D eigenvalue weighted by Crippen LogP contribution is -2.32. The number of hydrogen-bond donors (Lipinski definition) is 3. The predicted octanol–water partition coefficient (Wildman–Crippen LogP) is 3.93. The van der Waals surface area contributed by atoms with Crippen molar-refractivity contribution in [3.63, 3.8) is 0 Å². The number of aliphatic hydroxyl groups excluding tert-OH is 1. The number of aryl methyl sites for hydroxylation is 1. The Kier molecular flexibility index (Phi) is 19.6. The van der Waals surface area contributed by atoms with Crippen molar-refractivity contribution in [3.05, 3.63) is 65.5 Å². The van der Waals surface area contributed by atoms with Crippen molar-refractivity contribution in [2.45, 2.75) is 47.1 Å². The number of nitrogens with zero attached hydrogens (tertiary/aromatic N) is 1. The molecule has 0 aromatic heterocycles. The van der Waals surface area contributed by atoms with Crippen LogP contribution < -0.4 is 15.4 Å². The van der Waals surface area contributed by atoms with Crippen LogP contribution in [0.25, 0.3) is 0 Å². The van der Waals surface area contributed by atoms with E-state index in [1.807, 2.05) is 43.3 Å². The van der Waals surface area contributed by atoms with Crippen LogP contribution >= 0.6 is 0 Å². The van der Waals surface area contributed by atoms with E-state index < -0.39 is 0 Å². The molecule has 2 rings (SSSR count). The van der Waals surface area contributed by atoms with Gasteiger partial charge in [-0.2, -0.15) is 0 Å². The van der Waals surface area contributed by atoms with Crippen molar-refractivity contribution < 1.29 is 23.8 Å². The quantitative estimate of drug-likeness (QED) is 0.267. The van der Waals surface area contributed by atoms with Crippen LogP contribution in [0.1, 0.15) is 44.7 Å². The molecular weight excluding hydrogens is 461 g/mol. The van der Waals surface area contributed by atoms with Gasteiger partial charge in [0.25, 0.3) is 0 Å². The molecule has 0 atom stereocenters. The average molecular weight is 506 g/mol. The first-order chi connectivity index (χ1) is 17.3. The number of amides is 2. The van der Waals surface area contributed by atoms with E-state index in [1.165, 1.54) is 19.1 Å². The van der Waals surface area contributed by atoms with E-state index in [9.17, 15) is 14.0 Å². The van der Waals surface area contributed by atoms with Gasteiger partial charge in [-0.15, -0.1) is 0 Å². The van der Waals surface area contributed by atoms with Crippen LogP contribution in [0.15, 0.2) is 48.5 Å². The van der Waals surface area contributed by atoms with Gasteiger partial charge >= 0.3 is 0 Å². The van der Waals surface area contributed by atoms with Crippen LogP contribution in [0, 0.1) is 18.7 Å². The lowest BCUT2D eigenvalue weighted by atomic mass is 10.1. The summed E-state index contributed by atoms with van der Waals surface area (Å²) in [6, 6.07) is 14.7. The number of aliphatic hydroxyl groups is 1. The largest absolute Gasteiger partial charge is 0.493 e. The highest BCUT2D eigenvalue weighted by Crippen LogP contribution is 2.16. The van der Waals surface area contributed by atoms with Crippen LogP contribution in [-0.4, -0.2) is 62.2 Å². The molecule has 0 saturated heterocycles. The Morgan fingerprint density at radius 1 is 1.11 bits per heavy atom. The lowest BCUT2D eigenvalue weighted by Gasteiger charge is -2.17. The first-order valence-corrected chi connectivity index (χ1v) is 12.3. The molecule has 7 nitrogen and oxygen atoms in total. The van der Waals surface area contributed by atoms with E-state index in [4.69, 9.17) is 9.84 Å². The zero-order valence-electron chi connectivity index (χ0n) is 22.4. The van der Waals surface area contributed by atoms with Crippen molar-refractivity contribution in [2.75, 3.05) is 39.9 Å². The highest BCUT2D eigenvalue weighted by molar-refractivity contribution is 5.72. The standard InChI is InChI=1S/C15H23N3O2.C12H17FO.CH4O/c1-14(20)17-9-5-8-16-10-11-18(13-19)12-15-6-3-2-4-7-15;1-9(2)4-5-14-12-7-10(3)6-11(13)8-12;1-2/h2-4,6-7,13,16H,5,8-12H2,1H3,(H,17,20);6-9H,4-5H2,1-3H3;2H,1H3. The number of halogens is 1. The summed E-state index contributed by atoms with van der Waals surface area (Å²) in [4.78, 5) is 23.4. The zero-order chi connectivity index (χ0) is 27.2. The molecule has 36 heavy (non-hydrogen) atoms. The molecule has 2 aromatic carbocycles. The molecule has 0 aliphatic rings. The summed E-state index contributed by atoms with van der Waals surface area (Å²) < 4.78 is 18.4. The number of rotatable bonds is 14. The molecule has 0 saturated carbocycles. The Bertz CT molecular complexity index is 815. The summed E-state index contributed by atoms with van der Waals surface area (Å²) in [5, 5.41) is 13.0. The molecule has 0 radical (unpaired) electrons. The van der Waals surface area contributed by atoms with Crippen LogP contribution in [0.5, 0.6) is 5.75 Å². The van der Waals surface area contributed by atoms with E-state index in [0.29, 0.717) is 37.9 Å². The molecule has 0 unspecified atom stereocenters. The van der Waals surface area contributed by atoms with Gasteiger partial charge in [-0.05, 0) is 55.5 Å². The fraction of sp³-hybridized carbons (Fsp3) is 0.500. The SMILES string of the molecule is CC(=O)NCCCNCCN(C=O)Cc1ccccc1.CO.Cc1cc(F)cc(OCCC(C)C)c1. The Morgan fingerprint density at radius 3 is 2.39 bits per heavy atom. The van der Waals surface area contributed by atoms with Gasteiger partial charge in [0, 0.05) is 46.3 Å². The minimum atomic E-state index is -0.232. The van der Waals surface area contributed by atoms with Crippen LogP contribution in [0.2, 0.25) is 0 Å². The van der Waals surface area contributed by atoms with Crippen LogP contribution in [-0.2, 0) is 16.1 Å². The summed E-state index contributed by atoms with van der Waals surface area (Å²) in [5.41, 5.74) is 2.02. The van der Waals surface area contributed by atoms with Crippen molar-refractivity contribution in [3.8, 4) is 5.75 Å². The molecule has 0 aliphatic heterocycles. The number of nitrogens with one attached hydrogen (secondary N) is 2. The molecule has 0 fully saturated rings. The first kappa shape index (κ1) is 33.0. The number of benzene rings is 2. The fourth-order valence-corrected chi connectivity index (χ4v) is 3.01. The Hall–Kier alpha value is -2.97. The van der Waals surface area contributed by atoms with E-state index in [-0.39, 0.29) is 11.7 Å². The van der Waals surface area contributed by atoms with E-state index in [0.717, 1.165) is 50.6 Å². The van der Waals surface area contributed by atoms with Crippen LogP contribution in [0.3, 0.4) is 0 Å². The smallest absolute Gasteiger partial charge is 0.216 e. The normalized spacial score (nSPS) is 9.89. The number of carbonyl (C=O) groups is 2. The van der Waals surface area contributed by atoms with E-state index in [2.05, 4.69) is 24.5 Å². The molecule has 2 aromatic rings. The second-order valence-corrected chi connectivity index (χ2v) is 8.64. The topological polar surface area (TPSA) is 90.9 Å². The summed E-state index contributed by atoms with van der Waals surface area (Å²) in [7, 11) is 1.00. The Balaban J connectivity index is 0.000000671. The van der Waals surface area contributed by atoms with Crippen molar-refractivity contribution in [2.24, 2.45) is 5.92 Å². The maximum Gasteiger partial charge on any atom is 0.216 e. The molecule has 2 amide bonds. The third kappa shape index (κ3) is 18.4. The van der Waals surface area contributed by atoms with Crippen molar-refractivity contribution >= 4 is 12.3 Å². The number of carbonyl (C=O) groups excluding carboxylic acids is 2. The lowest BCUT2D eigenvalue weighted by molar-refractivity contribution is -0.119. The first-order valence-electron chi connectivity index (χ1n) is 12.3. The molecular formula is C28H44FN3O4. The second kappa shape index (κ2) is 21.3. The van der Waals surface area contributed by atoms with Gasteiger partial charge < -0.3 is 25.4 Å². The average Bonchev–Trinajstić information content (AvgIpc) is 2.84. The second-order valence-electron chi connectivity index (χ2n) is 8.64. The van der Waals surface area contributed by atoms with Gasteiger partial charge in [0.1, 0.15) is 11.6 Å². The molecule has 0 heterocycles. The van der Waals surface area contributed by atoms with Gasteiger partial charge in [0.05, 0.1) is 6.61 Å². The van der Waals surface area contributed by atoms with Crippen molar-refractivity contribution in [1.29, 1.82) is 0 Å². The fourth-order valence-electron chi connectivity index (χ4n) is 3.01. The molecule has 3 N–H and O–H groups in total. The van der Waals surface area contributed by atoms with Crippen molar-refractivity contribution in [1.82, 2.24) is 15.5 Å². The molecule has 0 aliphatic carbocycles. The maximum atomic E-state index is 12.9. The minimum absolute atomic E-state index is 0.00000821. The third-order valence-corrected chi connectivity index (χ3v) is 4.84. The number of ether oxygens (including phenoxy) is 1. The maximum absolute atomic E-state index is 12.9. The monoisotopic (exact) mass is 505 g/mol. The van der Waals surface area contributed by atoms with Crippen LogP contribution in [0.4, 0.5) is 4.39 Å².